The molecule has 112 valence electrons. The Kier molecular flexibility index (Phi) is 4.97. The van der Waals surface area contributed by atoms with Gasteiger partial charge in [0.05, 0.1) is 0 Å². The first-order chi connectivity index (χ1) is 10.0. The average Bonchev–Trinajstić information content (AvgIpc) is 2.48. The van der Waals surface area contributed by atoms with Crippen LogP contribution in [0.2, 0.25) is 0 Å². The van der Waals surface area contributed by atoms with Crippen molar-refractivity contribution in [2.24, 2.45) is 5.73 Å². The highest BCUT2D eigenvalue weighted by molar-refractivity contribution is 5.44. The molecule has 0 aliphatic carbocycles. The van der Waals surface area contributed by atoms with E-state index in [9.17, 15) is 4.39 Å². The van der Waals surface area contributed by atoms with Crippen molar-refractivity contribution in [2.75, 3.05) is 0 Å². The van der Waals surface area contributed by atoms with E-state index >= 15 is 0 Å². The Labute approximate surface area is 125 Å². The minimum Gasteiger partial charge on any atom is -0.454 e. The summed E-state index contributed by atoms with van der Waals surface area (Å²) in [4.78, 5) is 0. The summed E-state index contributed by atoms with van der Waals surface area (Å²) in [6.07, 6.45) is 0.998. The Hall–Kier alpha value is -1.87. The standard InChI is InChI=1S/C18H22FNO/c1-4-12(2)14-8-5-6-11-17(14)21-18-15(13(3)20)9-7-10-16(18)19/h5-13H,4,20H2,1-3H3/t12?,13-/m0/s1. The van der Waals surface area contributed by atoms with E-state index in [-0.39, 0.29) is 17.6 Å². The molecule has 21 heavy (non-hydrogen) atoms. The van der Waals surface area contributed by atoms with E-state index in [4.69, 9.17) is 10.5 Å². The smallest absolute Gasteiger partial charge is 0.167 e. The molecule has 3 heteroatoms. The Morgan fingerprint density at radius 1 is 1.05 bits per heavy atom. The van der Waals surface area contributed by atoms with E-state index in [2.05, 4.69) is 13.8 Å². The van der Waals surface area contributed by atoms with Crippen molar-refractivity contribution in [1.82, 2.24) is 0 Å². The van der Waals surface area contributed by atoms with Gasteiger partial charge in [0, 0.05) is 11.6 Å². The molecule has 0 saturated heterocycles. The maximum absolute atomic E-state index is 14.1. The molecular weight excluding hydrogens is 265 g/mol. The second-order valence-corrected chi connectivity index (χ2v) is 5.40. The van der Waals surface area contributed by atoms with Crippen molar-refractivity contribution < 1.29 is 9.13 Å². The van der Waals surface area contributed by atoms with Gasteiger partial charge in [-0.3, -0.25) is 0 Å². The number of nitrogens with two attached hydrogens (primary N) is 1. The van der Waals surface area contributed by atoms with E-state index < -0.39 is 0 Å². The lowest BCUT2D eigenvalue weighted by Gasteiger charge is -2.18. The average molecular weight is 287 g/mol. The Morgan fingerprint density at radius 2 is 1.71 bits per heavy atom. The molecule has 0 aliphatic rings. The van der Waals surface area contributed by atoms with Crippen LogP contribution in [0.4, 0.5) is 4.39 Å². The van der Waals surface area contributed by atoms with Crippen LogP contribution in [-0.2, 0) is 0 Å². The summed E-state index contributed by atoms with van der Waals surface area (Å²) >= 11 is 0. The Balaban J connectivity index is 2.44. The molecule has 2 rings (SSSR count). The third kappa shape index (κ3) is 3.42. The van der Waals surface area contributed by atoms with E-state index in [1.54, 1.807) is 12.1 Å². The molecule has 0 amide bonds. The third-order valence-corrected chi connectivity index (χ3v) is 3.76. The number of ether oxygens (including phenoxy) is 1. The van der Waals surface area contributed by atoms with Gasteiger partial charge in [0.1, 0.15) is 5.75 Å². The molecular formula is C18H22FNO. The zero-order valence-corrected chi connectivity index (χ0v) is 12.8. The summed E-state index contributed by atoms with van der Waals surface area (Å²) in [7, 11) is 0. The molecule has 2 aromatic rings. The van der Waals surface area contributed by atoms with Gasteiger partial charge in [0.2, 0.25) is 0 Å². The lowest BCUT2D eigenvalue weighted by molar-refractivity contribution is 0.425. The maximum atomic E-state index is 14.1. The molecule has 0 saturated carbocycles. The van der Waals surface area contributed by atoms with Crippen molar-refractivity contribution in [1.29, 1.82) is 0 Å². The topological polar surface area (TPSA) is 35.2 Å². The van der Waals surface area contributed by atoms with Gasteiger partial charge in [-0.1, -0.05) is 44.2 Å². The predicted octanol–water partition coefficient (Wildman–Crippen LogP) is 5.15. The molecule has 0 radical (unpaired) electrons. The molecule has 2 nitrogen and oxygen atoms in total. The first-order valence-corrected chi connectivity index (χ1v) is 7.35. The van der Waals surface area contributed by atoms with Gasteiger partial charge in [-0.25, -0.2) is 4.39 Å². The summed E-state index contributed by atoms with van der Waals surface area (Å²) in [5, 5.41) is 0. The number of benzene rings is 2. The van der Waals surface area contributed by atoms with E-state index in [0.29, 0.717) is 17.2 Å². The van der Waals surface area contributed by atoms with Crippen LogP contribution < -0.4 is 10.5 Å². The molecule has 2 N–H and O–H groups in total. The highest BCUT2D eigenvalue weighted by Crippen LogP contribution is 2.36. The van der Waals surface area contributed by atoms with Crippen molar-refractivity contribution in [3.05, 3.63) is 59.4 Å². The first-order valence-electron chi connectivity index (χ1n) is 7.35. The fraction of sp³-hybridized carbons (Fsp3) is 0.333. The highest BCUT2D eigenvalue weighted by Gasteiger charge is 2.16. The van der Waals surface area contributed by atoms with Crippen LogP contribution in [0.3, 0.4) is 0 Å². The van der Waals surface area contributed by atoms with Gasteiger partial charge in [-0.05, 0) is 37.0 Å². The van der Waals surface area contributed by atoms with Crippen LogP contribution in [0.5, 0.6) is 11.5 Å². The summed E-state index contributed by atoms with van der Waals surface area (Å²) in [6.45, 7) is 6.08. The molecule has 0 bridgehead atoms. The zero-order chi connectivity index (χ0) is 15.4. The van der Waals surface area contributed by atoms with Crippen molar-refractivity contribution in [3.63, 3.8) is 0 Å². The van der Waals surface area contributed by atoms with E-state index in [1.165, 1.54) is 6.07 Å². The zero-order valence-electron chi connectivity index (χ0n) is 12.8. The molecule has 1 unspecified atom stereocenters. The number of para-hydroxylation sites is 2. The molecule has 0 spiro atoms. The molecule has 0 fully saturated rings. The maximum Gasteiger partial charge on any atom is 0.167 e. The third-order valence-electron chi connectivity index (χ3n) is 3.76. The monoisotopic (exact) mass is 287 g/mol. The lowest BCUT2D eigenvalue weighted by atomic mass is 9.98. The number of hydrogen-bond acceptors (Lipinski definition) is 2. The first kappa shape index (κ1) is 15.5. The SMILES string of the molecule is CCC(C)c1ccccc1Oc1c(F)cccc1[C@H](C)N. The fourth-order valence-corrected chi connectivity index (χ4v) is 2.30. The summed E-state index contributed by atoms with van der Waals surface area (Å²) < 4.78 is 20.0. The van der Waals surface area contributed by atoms with E-state index in [1.807, 2.05) is 31.2 Å². The lowest BCUT2D eigenvalue weighted by Crippen LogP contribution is -2.08. The summed E-state index contributed by atoms with van der Waals surface area (Å²) in [5.41, 5.74) is 7.67. The Morgan fingerprint density at radius 3 is 2.38 bits per heavy atom. The molecule has 0 heterocycles. The second-order valence-electron chi connectivity index (χ2n) is 5.40. The van der Waals surface area contributed by atoms with E-state index in [0.717, 1.165) is 12.0 Å². The van der Waals surface area contributed by atoms with Crippen molar-refractivity contribution in [3.8, 4) is 11.5 Å². The minimum atomic E-state index is -0.385. The van der Waals surface area contributed by atoms with Gasteiger partial charge in [-0.15, -0.1) is 0 Å². The van der Waals surface area contributed by atoms with Crippen LogP contribution >= 0.6 is 0 Å². The number of hydrogen-bond donors (Lipinski definition) is 1. The van der Waals surface area contributed by atoms with Crippen LogP contribution in [-0.4, -0.2) is 0 Å². The van der Waals surface area contributed by atoms with Crippen LogP contribution in [0.15, 0.2) is 42.5 Å². The van der Waals surface area contributed by atoms with Crippen LogP contribution in [0.25, 0.3) is 0 Å². The van der Waals surface area contributed by atoms with Gasteiger partial charge in [0.15, 0.2) is 11.6 Å². The quantitative estimate of drug-likeness (QED) is 0.825. The van der Waals surface area contributed by atoms with Gasteiger partial charge >= 0.3 is 0 Å². The summed E-state index contributed by atoms with van der Waals surface area (Å²) in [6, 6.07) is 12.3. The minimum absolute atomic E-state index is 0.225. The van der Waals surface area contributed by atoms with Crippen LogP contribution in [0, 0.1) is 5.82 Å². The molecule has 0 aromatic heterocycles. The van der Waals surface area contributed by atoms with Crippen molar-refractivity contribution >= 4 is 0 Å². The number of rotatable bonds is 5. The molecule has 0 aliphatic heterocycles. The van der Waals surface area contributed by atoms with Crippen molar-refractivity contribution in [2.45, 2.75) is 39.2 Å². The number of halogens is 1. The predicted molar refractivity (Wildman–Crippen MR) is 84.2 cm³/mol. The largest absolute Gasteiger partial charge is 0.454 e. The van der Waals surface area contributed by atoms with Crippen LogP contribution in [0.1, 0.15) is 50.3 Å². The Bertz CT molecular complexity index is 610. The molecule has 2 atom stereocenters. The summed E-state index contributed by atoms with van der Waals surface area (Å²) in [5.74, 6) is 0.887. The van der Waals surface area contributed by atoms with Gasteiger partial charge in [0.25, 0.3) is 0 Å². The highest BCUT2D eigenvalue weighted by atomic mass is 19.1. The molecule has 2 aromatic carbocycles. The van der Waals surface area contributed by atoms with Gasteiger partial charge < -0.3 is 10.5 Å². The second kappa shape index (κ2) is 6.72. The fourth-order valence-electron chi connectivity index (χ4n) is 2.30. The van der Waals surface area contributed by atoms with Gasteiger partial charge in [-0.2, -0.15) is 0 Å². The normalized spacial score (nSPS) is 13.8.